The van der Waals surface area contributed by atoms with Crippen LogP contribution in [0.2, 0.25) is 0 Å². The second kappa shape index (κ2) is 7.29. The Balaban J connectivity index is 2.12. The maximum Gasteiger partial charge on any atom is 0.410 e. The van der Waals surface area contributed by atoms with Crippen molar-refractivity contribution in [2.45, 2.75) is 64.6 Å². The third-order valence-electron chi connectivity index (χ3n) is 4.73. The van der Waals surface area contributed by atoms with Crippen LogP contribution in [-0.2, 0) is 19.1 Å². The summed E-state index contributed by atoms with van der Waals surface area (Å²) in [7, 11) is 0. The zero-order valence-electron chi connectivity index (χ0n) is 16.3. The second-order valence-corrected chi connectivity index (χ2v) is 8.22. The monoisotopic (exact) mass is 366 g/mol. The Morgan fingerprint density at radius 3 is 2.50 bits per heavy atom. The second-order valence-electron chi connectivity index (χ2n) is 8.22. The summed E-state index contributed by atoms with van der Waals surface area (Å²) in [5.41, 5.74) is -1.69. The molecule has 1 aliphatic carbocycles. The Morgan fingerprint density at radius 2 is 2.00 bits per heavy atom. The molecule has 4 atom stereocenters. The molecule has 7 heteroatoms. The Morgan fingerprint density at radius 1 is 1.35 bits per heavy atom. The Bertz CT molecular complexity index is 597. The average molecular weight is 366 g/mol. The molecule has 2 unspecified atom stereocenters. The molecule has 2 fully saturated rings. The normalized spacial score (nSPS) is 30.5. The molecule has 0 aromatic rings. The van der Waals surface area contributed by atoms with Crippen LogP contribution in [0.25, 0.3) is 0 Å². The van der Waals surface area contributed by atoms with Crippen molar-refractivity contribution in [1.29, 1.82) is 0 Å². The predicted molar refractivity (Wildman–Crippen MR) is 96.3 cm³/mol. The number of nitrogens with one attached hydrogen (secondary N) is 1. The molecule has 0 aromatic carbocycles. The minimum atomic E-state index is -1.06. The molecule has 1 saturated heterocycles. The van der Waals surface area contributed by atoms with Crippen molar-refractivity contribution >= 4 is 18.0 Å². The summed E-state index contributed by atoms with van der Waals surface area (Å²) in [6, 6.07) is -0.655. The van der Waals surface area contributed by atoms with Crippen LogP contribution < -0.4 is 5.32 Å². The number of carbonyl (C=O) groups excluding carboxylic acids is 3. The van der Waals surface area contributed by atoms with Crippen LogP contribution in [0.3, 0.4) is 0 Å². The van der Waals surface area contributed by atoms with Gasteiger partial charge in [0, 0.05) is 12.5 Å². The zero-order valence-corrected chi connectivity index (χ0v) is 16.3. The first kappa shape index (κ1) is 20.3. The van der Waals surface area contributed by atoms with Gasteiger partial charge in [-0.2, -0.15) is 0 Å². The third kappa shape index (κ3) is 4.19. The van der Waals surface area contributed by atoms with E-state index in [4.69, 9.17) is 9.47 Å². The number of hydrogen-bond acceptors (Lipinski definition) is 5. The largest absolute Gasteiger partial charge is 0.464 e. The van der Waals surface area contributed by atoms with Crippen molar-refractivity contribution in [2.75, 3.05) is 13.2 Å². The van der Waals surface area contributed by atoms with E-state index < -0.39 is 29.2 Å². The highest BCUT2D eigenvalue weighted by Gasteiger charge is 2.61. The van der Waals surface area contributed by atoms with E-state index in [-0.39, 0.29) is 24.3 Å². The van der Waals surface area contributed by atoms with Crippen molar-refractivity contribution < 1.29 is 23.9 Å². The summed E-state index contributed by atoms with van der Waals surface area (Å²) >= 11 is 0. The molecule has 2 rings (SSSR count). The molecule has 0 aromatic heterocycles. The van der Waals surface area contributed by atoms with Crippen molar-refractivity contribution in [3.63, 3.8) is 0 Å². The van der Waals surface area contributed by atoms with Gasteiger partial charge in [0.05, 0.1) is 6.61 Å². The van der Waals surface area contributed by atoms with Crippen molar-refractivity contribution in [3.8, 4) is 0 Å². The maximum atomic E-state index is 12.9. The van der Waals surface area contributed by atoms with Gasteiger partial charge in [0.2, 0.25) is 5.91 Å². The highest BCUT2D eigenvalue weighted by Crippen LogP contribution is 2.45. The van der Waals surface area contributed by atoms with E-state index in [1.165, 1.54) is 4.90 Å². The first-order valence-corrected chi connectivity index (χ1v) is 9.15. The van der Waals surface area contributed by atoms with Gasteiger partial charge in [0.15, 0.2) is 0 Å². The van der Waals surface area contributed by atoms with Crippen LogP contribution in [0.5, 0.6) is 0 Å². The standard InChI is InChI=1S/C19H30N2O5/c1-7-13-10-19(13,16(23)25-8-2)20-15(22)14-9-12(3)11-21(14)17(24)26-18(4,5)6/h7,12-14H,1,8-11H2,2-6H3,(H,20,22)/t12-,13?,14+,19?/m1/s1. The average Bonchev–Trinajstić information content (AvgIpc) is 3.09. The van der Waals surface area contributed by atoms with Crippen LogP contribution in [-0.4, -0.2) is 53.2 Å². The zero-order chi connectivity index (χ0) is 19.7. The van der Waals surface area contributed by atoms with E-state index >= 15 is 0 Å². The fourth-order valence-corrected chi connectivity index (χ4v) is 3.38. The Kier molecular flexibility index (Phi) is 5.68. The topological polar surface area (TPSA) is 84.9 Å². The number of amides is 2. The highest BCUT2D eigenvalue weighted by atomic mass is 16.6. The molecule has 1 aliphatic heterocycles. The van der Waals surface area contributed by atoms with Crippen LogP contribution in [0.1, 0.15) is 47.5 Å². The van der Waals surface area contributed by atoms with E-state index in [1.54, 1.807) is 33.8 Å². The molecule has 2 amide bonds. The molecule has 0 radical (unpaired) electrons. The van der Waals surface area contributed by atoms with E-state index in [1.807, 2.05) is 6.92 Å². The maximum absolute atomic E-state index is 12.9. The summed E-state index contributed by atoms with van der Waals surface area (Å²) in [5, 5.41) is 2.83. The molecule has 0 spiro atoms. The molecule has 1 N–H and O–H groups in total. The summed E-state index contributed by atoms with van der Waals surface area (Å²) in [4.78, 5) is 39.1. The van der Waals surface area contributed by atoms with Gasteiger partial charge in [-0.25, -0.2) is 9.59 Å². The van der Waals surface area contributed by atoms with E-state index in [2.05, 4.69) is 11.9 Å². The van der Waals surface area contributed by atoms with Gasteiger partial charge >= 0.3 is 12.1 Å². The van der Waals surface area contributed by atoms with Crippen molar-refractivity contribution in [3.05, 3.63) is 12.7 Å². The first-order valence-electron chi connectivity index (χ1n) is 9.15. The first-order chi connectivity index (χ1) is 12.0. The summed E-state index contributed by atoms with van der Waals surface area (Å²) < 4.78 is 10.5. The fourth-order valence-electron chi connectivity index (χ4n) is 3.38. The summed E-state index contributed by atoms with van der Waals surface area (Å²) in [6.07, 6.45) is 2.14. The quantitative estimate of drug-likeness (QED) is 0.596. The number of likely N-dealkylation sites (tertiary alicyclic amines) is 1. The van der Waals surface area contributed by atoms with Gasteiger partial charge in [0.1, 0.15) is 17.2 Å². The minimum Gasteiger partial charge on any atom is -0.464 e. The minimum absolute atomic E-state index is 0.153. The van der Waals surface area contributed by atoms with Crippen molar-refractivity contribution in [2.24, 2.45) is 11.8 Å². The van der Waals surface area contributed by atoms with Crippen LogP contribution in [0.4, 0.5) is 4.79 Å². The number of nitrogens with zero attached hydrogens (tertiary/aromatic N) is 1. The predicted octanol–water partition coefficient (Wildman–Crippen LogP) is 2.26. The molecule has 2 aliphatic rings. The number of hydrogen-bond donors (Lipinski definition) is 1. The van der Waals surface area contributed by atoms with Gasteiger partial charge in [-0.1, -0.05) is 13.0 Å². The summed E-state index contributed by atoms with van der Waals surface area (Å²) in [5.74, 6) is -0.781. The smallest absolute Gasteiger partial charge is 0.410 e. The van der Waals surface area contributed by atoms with E-state index in [9.17, 15) is 14.4 Å². The lowest BCUT2D eigenvalue weighted by molar-refractivity contribution is -0.149. The number of esters is 1. The Hall–Kier alpha value is -2.05. The van der Waals surface area contributed by atoms with Crippen LogP contribution in [0, 0.1) is 11.8 Å². The fraction of sp³-hybridized carbons (Fsp3) is 0.737. The van der Waals surface area contributed by atoms with Crippen molar-refractivity contribution in [1.82, 2.24) is 10.2 Å². The van der Waals surface area contributed by atoms with Gasteiger partial charge in [0.25, 0.3) is 0 Å². The molecule has 26 heavy (non-hydrogen) atoms. The molecule has 1 saturated carbocycles. The number of ether oxygens (including phenoxy) is 2. The van der Waals surface area contributed by atoms with Crippen LogP contribution >= 0.6 is 0 Å². The Labute approximate surface area is 155 Å². The molecule has 146 valence electrons. The lowest BCUT2D eigenvalue weighted by Gasteiger charge is -2.29. The number of carbonyl (C=O) groups is 3. The molecular formula is C19H30N2O5. The molecular weight excluding hydrogens is 336 g/mol. The third-order valence-corrected chi connectivity index (χ3v) is 4.73. The van der Waals surface area contributed by atoms with E-state index in [0.29, 0.717) is 19.4 Å². The van der Waals surface area contributed by atoms with Gasteiger partial charge < -0.3 is 14.8 Å². The molecule has 0 bridgehead atoms. The number of rotatable bonds is 5. The van der Waals surface area contributed by atoms with Crippen LogP contribution in [0.15, 0.2) is 12.7 Å². The SMILES string of the molecule is C=CC1CC1(NC(=O)[C@@H]1C[C@@H](C)CN1C(=O)OC(C)(C)C)C(=O)OCC. The highest BCUT2D eigenvalue weighted by molar-refractivity contribution is 5.94. The van der Waals surface area contributed by atoms with E-state index in [0.717, 1.165) is 0 Å². The lowest BCUT2D eigenvalue weighted by Crippen LogP contribution is -2.53. The van der Waals surface area contributed by atoms with Gasteiger partial charge in [-0.05, 0) is 46.5 Å². The summed E-state index contributed by atoms with van der Waals surface area (Å²) in [6.45, 7) is 13.5. The van der Waals surface area contributed by atoms with Gasteiger partial charge in [-0.15, -0.1) is 6.58 Å². The molecule has 1 heterocycles. The van der Waals surface area contributed by atoms with Gasteiger partial charge in [-0.3, -0.25) is 9.69 Å². The molecule has 7 nitrogen and oxygen atoms in total. The lowest BCUT2D eigenvalue weighted by atomic mass is 10.1.